The number of aromatic amines is 1. The number of fused-ring (bicyclic) bond motifs is 1. The smallest absolute Gasteiger partial charge is 0.409 e. The highest BCUT2D eigenvalue weighted by atomic mass is 35.5. The first-order valence-electron chi connectivity index (χ1n) is 12.1. The van der Waals surface area contributed by atoms with Crippen molar-refractivity contribution in [2.75, 3.05) is 26.5 Å². The number of nitrogens with zero attached hydrogens (tertiary/aromatic N) is 1. The number of methoxy groups -OCH3 is 1. The van der Waals surface area contributed by atoms with Gasteiger partial charge in [0, 0.05) is 59.2 Å². The fourth-order valence-corrected chi connectivity index (χ4v) is 6.05. The Hall–Kier alpha value is -2.69. The highest BCUT2D eigenvalue weighted by molar-refractivity contribution is 7.98. The van der Waals surface area contributed by atoms with Gasteiger partial charge in [-0.15, -0.1) is 11.8 Å². The minimum absolute atomic E-state index is 0.0264. The molecular weight excluding hydrogens is 518 g/mol. The maximum absolute atomic E-state index is 13.3. The number of benzene rings is 1. The van der Waals surface area contributed by atoms with E-state index in [9.17, 15) is 14.4 Å². The predicted octanol–water partition coefficient (Wildman–Crippen LogP) is 4.65. The van der Waals surface area contributed by atoms with Crippen molar-refractivity contribution in [3.8, 4) is 5.75 Å². The zero-order valence-corrected chi connectivity index (χ0v) is 23.2. The number of piperidine rings is 1. The van der Waals surface area contributed by atoms with Gasteiger partial charge in [-0.3, -0.25) is 9.59 Å². The molecule has 4 rings (SSSR count). The number of halogens is 1. The van der Waals surface area contributed by atoms with Gasteiger partial charge >= 0.3 is 6.09 Å². The number of aromatic nitrogens is 1. The van der Waals surface area contributed by atoms with Crippen LogP contribution in [0.1, 0.15) is 60.0 Å². The molecule has 0 bridgehead atoms. The number of hydrogen-bond donors (Lipinski definition) is 2. The summed E-state index contributed by atoms with van der Waals surface area (Å²) in [7, 11) is 1.37. The molecule has 0 radical (unpaired) electrons. The van der Waals surface area contributed by atoms with E-state index < -0.39 is 11.9 Å². The van der Waals surface area contributed by atoms with Gasteiger partial charge in [0.25, 0.3) is 11.5 Å². The number of thioether (sulfide) groups is 1. The van der Waals surface area contributed by atoms with Gasteiger partial charge in [0.15, 0.2) is 0 Å². The van der Waals surface area contributed by atoms with Crippen molar-refractivity contribution in [3.63, 3.8) is 0 Å². The van der Waals surface area contributed by atoms with Crippen LogP contribution in [0.15, 0.2) is 27.9 Å². The van der Waals surface area contributed by atoms with Gasteiger partial charge in [-0.25, -0.2) is 4.79 Å². The SMILES string of the molecule is COC(=O)N1CCC(C2(C)Oc3cc(Cl)cc(C(=O)NCc4c(SC)cc(C)[nH]c4=O)c3C(C)O2)CC1. The third-order valence-corrected chi connectivity index (χ3v) is 8.05. The molecule has 2 unspecified atom stereocenters. The summed E-state index contributed by atoms with van der Waals surface area (Å²) in [5.74, 6) is -0.805. The molecule has 0 aliphatic carbocycles. The lowest BCUT2D eigenvalue weighted by molar-refractivity contribution is -0.250. The fraction of sp³-hybridized carbons (Fsp3) is 0.500. The van der Waals surface area contributed by atoms with Gasteiger partial charge in [-0.1, -0.05) is 11.6 Å². The topological polar surface area (TPSA) is 110 Å². The molecular formula is C26H32ClN3O6S. The summed E-state index contributed by atoms with van der Waals surface area (Å²) in [6, 6.07) is 5.17. The number of rotatable bonds is 5. The molecule has 2 N–H and O–H groups in total. The maximum atomic E-state index is 13.3. The van der Waals surface area contributed by atoms with E-state index in [1.54, 1.807) is 17.0 Å². The molecule has 2 atom stereocenters. The second-order valence-electron chi connectivity index (χ2n) is 9.49. The number of aryl methyl sites for hydroxylation is 1. The molecule has 1 aromatic heterocycles. The van der Waals surface area contributed by atoms with Crippen molar-refractivity contribution in [2.45, 2.75) is 56.9 Å². The van der Waals surface area contributed by atoms with Gasteiger partial charge in [0.05, 0.1) is 18.8 Å². The average molecular weight is 550 g/mol. The first-order valence-corrected chi connectivity index (χ1v) is 13.7. The summed E-state index contributed by atoms with van der Waals surface area (Å²) in [5, 5.41) is 3.22. The zero-order valence-electron chi connectivity index (χ0n) is 21.6. The Balaban J connectivity index is 1.55. The third-order valence-electron chi connectivity index (χ3n) is 7.03. The Bertz CT molecular complexity index is 1260. The fourth-order valence-electron chi connectivity index (χ4n) is 5.13. The van der Waals surface area contributed by atoms with Crippen LogP contribution in [-0.2, 0) is 16.0 Å². The average Bonchev–Trinajstić information content (AvgIpc) is 2.86. The Morgan fingerprint density at radius 2 is 2.00 bits per heavy atom. The molecule has 1 saturated heterocycles. The number of pyridine rings is 1. The summed E-state index contributed by atoms with van der Waals surface area (Å²) < 4.78 is 17.6. The standard InChI is InChI=1S/C26H32ClN3O6S/c1-14-10-21(37-5)19(24(32)29-14)13-28-23(31)18-11-17(27)12-20-22(18)15(2)35-26(3,36-20)16-6-8-30(9-7-16)25(33)34-4/h10-12,15-16H,6-9,13H2,1-5H3,(H,28,31)(H,29,32). The van der Waals surface area contributed by atoms with Gasteiger partial charge in [-0.2, -0.15) is 0 Å². The van der Waals surface area contributed by atoms with E-state index in [-0.39, 0.29) is 30.0 Å². The van der Waals surface area contributed by atoms with Crippen LogP contribution < -0.4 is 15.6 Å². The van der Waals surface area contributed by atoms with Crippen LogP contribution in [0.3, 0.4) is 0 Å². The number of amides is 2. The predicted molar refractivity (Wildman–Crippen MR) is 141 cm³/mol. The lowest BCUT2D eigenvalue weighted by atomic mass is 9.87. The van der Waals surface area contributed by atoms with Gasteiger partial charge in [-0.05, 0) is 51.1 Å². The van der Waals surface area contributed by atoms with Gasteiger partial charge in [0.1, 0.15) is 5.75 Å². The van der Waals surface area contributed by atoms with Crippen molar-refractivity contribution in [1.29, 1.82) is 0 Å². The number of ether oxygens (including phenoxy) is 3. The highest BCUT2D eigenvalue weighted by Crippen LogP contribution is 2.46. The number of hydrogen-bond acceptors (Lipinski definition) is 7. The summed E-state index contributed by atoms with van der Waals surface area (Å²) in [6.07, 6.45) is 2.47. The first kappa shape index (κ1) is 27.3. The van der Waals surface area contributed by atoms with E-state index in [1.165, 1.54) is 18.9 Å². The molecule has 2 aliphatic rings. The lowest BCUT2D eigenvalue weighted by Gasteiger charge is -2.46. The van der Waals surface area contributed by atoms with E-state index in [0.717, 1.165) is 10.6 Å². The van der Waals surface area contributed by atoms with Gasteiger partial charge in [0.2, 0.25) is 5.79 Å². The number of carbonyl (C=O) groups is 2. The molecule has 9 nitrogen and oxygen atoms in total. The van der Waals surface area contributed by atoms with E-state index in [0.29, 0.717) is 53.4 Å². The zero-order chi connectivity index (χ0) is 26.9. The van der Waals surface area contributed by atoms with E-state index in [1.807, 2.05) is 33.1 Å². The molecule has 200 valence electrons. The summed E-state index contributed by atoms with van der Waals surface area (Å²) in [5.41, 5.74) is 1.97. The molecule has 0 saturated carbocycles. The van der Waals surface area contributed by atoms with Crippen LogP contribution in [0.4, 0.5) is 4.79 Å². The summed E-state index contributed by atoms with van der Waals surface area (Å²) >= 11 is 7.86. The molecule has 3 heterocycles. The molecule has 37 heavy (non-hydrogen) atoms. The first-order chi connectivity index (χ1) is 17.6. The van der Waals surface area contributed by atoms with Crippen LogP contribution >= 0.6 is 23.4 Å². The van der Waals surface area contributed by atoms with Crippen molar-refractivity contribution < 1.29 is 23.8 Å². The van der Waals surface area contributed by atoms with Crippen molar-refractivity contribution in [2.24, 2.45) is 5.92 Å². The van der Waals surface area contributed by atoms with Crippen LogP contribution in [0.25, 0.3) is 0 Å². The third kappa shape index (κ3) is 5.61. The second-order valence-corrected chi connectivity index (χ2v) is 10.8. The number of likely N-dealkylation sites (tertiary alicyclic amines) is 1. The molecule has 1 aromatic carbocycles. The monoisotopic (exact) mass is 549 g/mol. The largest absolute Gasteiger partial charge is 0.462 e. The normalized spacial score (nSPS) is 21.7. The Morgan fingerprint density at radius 3 is 2.65 bits per heavy atom. The van der Waals surface area contributed by atoms with Crippen LogP contribution in [0.5, 0.6) is 5.75 Å². The Kier molecular flexibility index (Phi) is 8.11. The van der Waals surface area contributed by atoms with Crippen molar-refractivity contribution in [3.05, 3.63) is 56.0 Å². The van der Waals surface area contributed by atoms with E-state index in [2.05, 4.69) is 10.3 Å². The van der Waals surface area contributed by atoms with Crippen LogP contribution in [0.2, 0.25) is 5.02 Å². The van der Waals surface area contributed by atoms with Crippen molar-refractivity contribution in [1.82, 2.24) is 15.2 Å². The minimum Gasteiger partial charge on any atom is -0.462 e. The van der Waals surface area contributed by atoms with E-state index in [4.69, 9.17) is 25.8 Å². The highest BCUT2D eigenvalue weighted by Gasteiger charge is 2.46. The molecule has 0 spiro atoms. The lowest BCUT2D eigenvalue weighted by Crippen LogP contribution is -2.51. The van der Waals surface area contributed by atoms with Crippen molar-refractivity contribution >= 4 is 35.4 Å². The summed E-state index contributed by atoms with van der Waals surface area (Å²) in [4.78, 5) is 42.9. The molecule has 1 fully saturated rings. The maximum Gasteiger partial charge on any atom is 0.409 e. The molecule has 2 aromatic rings. The molecule has 2 aliphatic heterocycles. The quantitative estimate of drug-likeness (QED) is 0.522. The second kappa shape index (κ2) is 11.0. The Morgan fingerprint density at radius 1 is 1.30 bits per heavy atom. The number of H-pyrrole nitrogens is 1. The number of nitrogens with one attached hydrogen (secondary N) is 2. The van der Waals surface area contributed by atoms with Gasteiger partial charge < -0.3 is 29.4 Å². The Labute approximate surface area is 225 Å². The van der Waals surface area contributed by atoms with Crippen LogP contribution in [-0.4, -0.2) is 54.1 Å². The van der Waals surface area contributed by atoms with Crippen LogP contribution in [0, 0.1) is 12.8 Å². The van der Waals surface area contributed by atoms with E-state index >= 15 is 0 Å². The molecule has 2 amide bonds. The summed E-state index contributed by atoms with van der Waals surface area (Å²) in [6.45, 7) is 6.74. The number of carbonyl (C=O) groups excluding carboxylic acids is 2. The molecule has 11 heteroatoms. The minimum atomic E-state index is -0.949.